The number of aromatic nitrogens is 1. The van der Waals surface area contributed by atoms with E-state index in [4.69, 9.17) is 5.73 Å². The highest BCUT2D eigenvalue weighted by atomic mass is 16.2. The van der Waals surface area contributed by atoms with E-state index in [1.807, 2.05) is 44.2 Å². The van der Waals surface area contributed by atoms with E-state index in [1.54, 1.807) is 0 Å². The third kappa shape index (κ3) is 6.45. The summed E-state index contributed by atoms with van der Waals surface area (Å²) in [6.45, 7) is 4.34. The lowest BCUT2D eigenvalue weighted by atomic mass is 9.79. The van der Waals surface area contributed by atoms with Crippen molar-refractivity contribution >= 4 is 45.8 Å². The van der Waals surface area contributed by atoms with Gasteiger partial charge in [-0.2, -0.15) is 0 Å². The predicted molar refractivity (Wildman–Crippen MR) is 195 cm³/mol. The van der Waals surface area contributed by atoms with Gasteiger partial charge in [-0.05, 0) is 72.5 Å². The minimum absolute atomic E-state index is 0.174. The molecule has 1 aromatic heterocycles. The van der Waals surface area contributed by atoms with Crippen molar-refractivity contribution in [3.8, 4) is 0 Å². The van der Waals surface area contributed by atoms with Crippen LogP contribution in [0.5, 0.6) is 0 Å². The largest absolute Gasteiger partial charge is 0.368 e. The summed E-state index contributed by atoms with van der Waals surface area (Å²) in [4.78, 5) is 62.3. The molecule has 2 aliphatic carbocycles. The molecule has 0 unspecified atom stereocenters. The van der Waals surface area contributed by atoms with Gasteiger partial charge in [0.25, 0.3) is 0 Å². The van der Waals surface area contributed by atoms with Crippen LogP contribution in [0.25, 0.3) is 16.5 Å². The van der Waals surface area contributed by atoms with Crippen molar-refractivity contribution in [3.05, 3.63) is 71.4 Å². The van der Waals surface area contributed by atoms with Gasteiger partial charge in [0.15, 0.2) is 0 Å². The highest BCUT2D eigenvalue weighted by Crippen LogP contribution is 2.41. The summed E-state index contributed by atoms with van der Waals surface area (Å²) in [7, 11) is 2.06. The molecule has 5 atom stereocenters. The number of anilines is 1. The van der Waals surface area contributed by atoms with Gasteiger partial charge in [-0.3, -0.25) is 29.0 Å². The number of primary amides is 1. The zero-order valence-electron chi connectivity index (χ0n) is 29.4. The molecule has 4 aliphatic rings. The summed E-state index contributed by atoms with van der Waals surface area (Å²) in [5, 5.41) is 7.35. The summed E-state index contributed by atoms with van der Waals surface area (Å²) in [5.74, 6) is -1.71. The number of amides is 4. The Morgan fingerprint density at radius 2 is 1.74 bits per heavy atom. The van der Waals surface area contributed by atoms with Crippen molar-refractivity contribution in [3.63, 3.8) is 0 Å². The Balaban J connectivity index is 1.11. The SMILES string of the molecule is CC(C)[C@H](NC(=O)[C@@H]1C=C2c3cccc4[nH]cc(c34)C[C@H]2N(C)C1)C(=O)N[C@@H](CCC1CCCCC1)C(=O)N1c2ccccc2C[C@H]1C(N)=O. The fourth-order valence-corrected chi connectivity index (χ4v) is 8.86. The molecule has 10 heteroatoms. The van der Waals surface area contributed by atoms with Gasteiger partial charge in [0, 0.05) is 41.8 Å². The maximum Gasteiger partial charge on any atom is 0.250 e. The molecule has 4 amide bonds. The molecule has 2 aromatic carbocycles. The van der Waals surface area contributed by atoms with Crippen LogP contribution in [0.3, 0.4) is 0 Å². The Morgan fingerprint density at radius 3 is 2.50 bits per heavy atom. The number of nitrogens with two attached hydrogens (primary N) is 1. The van der Waals surface area contributed by atoms with Crippen LogP contribution in [0.4, 0.5) is 5.69 Å². The first-order valence-electron chi connectivity index (χ1n) is 18.4. The standard InChI is InChI=1S/C40H50N6O4/c1-23(2)36(44-38(48)27-18-29-28-13-9-14-30-35(28)26(21-42-30)20-33(29)45(3)22-27)39(49)43-31(17-16-24-10-5-4-6-11-24)40(50)46-32-15-8-7-12-25(32)19-34(46)37(41)47/h7-9,12-15,18,21,23-24,27,31,33-34,36,42H,4-6,10-11,16-17,19-20,22H2,1-3H3,(H2,41,47)(H,43,49)(H,44,48)/t27-,31+,33-,34+,36+/m1/s1. The van der Waals surface area contributed by atoms with Crippen molar-refractivity contribution in [1.82, 2.24) is 20.5 Å². The molecule has 0 radical (unpaired) electrons. The molecular formula is C40H50N6O4. The smallest absolute Gasteiger partial charge is 0.250 e. The van der Waals surface area contributed by atoms with Gasteiger partial charge in [-0.1, -0.05) is 82.4 Å². The highest BCUT2D eigenvalue weighted by Gasteiger charge is 2.42. The third-order valence-electron chi connectivity index (χ3n) is 11.6. The number of H-pyrrole nitrogens is 1. The average Bonchev–Trinajstić information content (AvgIpc) is 3.72. The first-order valence-corrected chi connectivity index (χ1v) is 18.4. The van der Waals surface area contributed by atoms with Gasteiger partial charge < -0.3 is 21.4 Å². The Labute approximate surface area is 294 Å². The average molecular weight is 679 g/mol. The van der Waals surface area contributed by atoms with Gasteiger partial charge in [-0.15, -0.1) is 0 Å². The number of nitrogens with zero attached hydrogens (tertiary/aromatic N) is 2. The second-order valence-corrected chi connectivity index (χ2v) is 15.3. The van der Waals surface area contributed by atoms with Crippen LogP contribution in [0.15, 0.2) is 54.7 Å². The monoisotopic (exact) mass is 678 g/mol. The Hall–Kier alpha value is -4.44. The second kappa shape index (κ2) is 14.1. The number of aromatic amines is 1. The molecule has 5 N–H and O–H groups in total. The van der Waals surface area contributed by atoms with E-state index in [-0.39, 0.29) is 23.8 Å². The molecule has 10 nitrogen and oxygen atoms in total. The van der Waals surface area contributed by atoms with Crippen molar-refractivity contribution in [2.24, 2.45) is 23.5 Å². The summed E-state index contributed by atoms with van der Waals surface area (Å²) in [6, 6.07) is 11.4. The molecule has 50 heavy (non-hydrogen) atoms. The van der Waals surface area contributed by atoms with Crippen LogP contribution in [-0.2, 0) is 32.0 Å². The number of rotatable bonds is 10. The highest BCUT2D eigenvalue weighted by molar-refractivity contribution is 6.07. The number of fused-ring (bicyclic) bond motifs is 3. The van der Waals surface area contributed by atoms with Crippen molar-refractivity contribution in [2.45, 2.75) is 95.8 Å². The molecule has 1 saturated carbocycles. The number of carbonyl (C=O) groups is 4. The summed E-state index contributed by atoms with van der Waals surface area (Å²) in [5.41, 5.74) is 12.0. The fourth-order valence-electron chi connectivity index (χ4n) is 8.86. The topological polar surface area (TPSA) is 141 Å². The Bertz CT molecular complexity index is 1820. The first-order chi connectivity index (χ1) is 24.1. The first kappa shape index (κ1) is 34.0. The van der Waals surface area contributed by atoms with Gasteiger partial charge in [0.2, 0.25) is 23.6 Å². The number of para-hydroxylation sites is 1. The number of benzene rings is 2. The lowest BCUT2D eigenvalue weighted by Gasteiger charge is -2.39. The Morgan fingerprint density at radius 1 is 0.960 bits per heavy atom. The zero-order valence-corrected chi connectivity index (χ0v) is 29.4. The second-order valence-electron chi connectivity index (χ2n) is 15.3. The quantitative estimate of drug-likeness (QED) is 0.251. The van der Waals surface area contributed by atoms with E-state index < -0.39 is 35.9 Å². The molecule has 2 aliphatic heterocycles. The van der Waals surface area contributed by atoms with Gasteiger partial charge in [0.1, 0.15) is 18.1 Å². The van der Waals surface area contributed by atoms with Crippen LogP contribution >= 0.6 is 0 Å². The predicted octanol–water partition coefficient (Wildman–Crippen LogP) is 4.47. The molecule has 3 heterocycles. The number of likely N-dealkylation sites (N-methyl/N-ethyl adjacent to an activating group) is 1. The van der Waals surface area contributed by atoms with Crippen LogP contribution < -0.4 is 21.3 Å². The normalized spacial score (nSPS) is 23.2. The van der Waals surface area contributed by atoms with E-state index in [0.29, 0.717) is 31.0 Å². The van der Waals surface area contributed by atoms with Gasteiger partial charge in [-0.25, -0.2) is 0 Å². The number of nitrogens with one attached hydrogen (secondary N) is 3. The van der Waals surface area contributed by atoms with Crippen LogP contribution in [0.2, 0.25) is 0 Å². The van der Waals surface area contributed by atoms with E-state index in [2.05, 4.69) is 52.0 Å². The van der Waals surface area contributed by atoms with Gasteiger partial charge in [0.05, 0.1) is 5.92 Å². The van der Waals surface area contributed by atoms with Crippen LogP contribution in [-0.4, -0.2) is 71.3 Å². The molecule has 264 valence electrons. The molecule has 3 aromatic rings. The van der Waals surface area contributed by atoms with E-state index in [1.165, 1.54) is 35.1 Å². The zero-order chi connectivity index (χ0) is 35.1. The van der Waals surface area contributed by atoms with E-state index in [9.17, 15) is 19.2 Å². The molecule has 0 bridgehead atoms. The number of hydrogen-bond donors (Lipinski definition) is 4. The van der Waals surface area contributed by atoms with Crippen molar-refractivity contribution in [2.75, 3.05) is 18.5 Å². The molecule has 1 fully saturated rings. The lowest BCUT2D eigenvalue weighted by Crippen LogP contribution is -2.59. The maximum absolute atomic E-state index is 14.4. The molecule has 0 spiro atoms. The minimum Gasteiger partial charge on any atom is -0.368 e. The minimum atomic E-state index is -0.863. The third-order valence-corrected chi connectivity index (χ3v) is 11.6. The van der Waals surface area contributed by atoms with Crippen molar-refractivity contribution in [1.29, 1.82) is 0 Å². The molecule has 0 saturated heterocycles. The van der Waals surface area contributed by atoms with Crippen molar-refractivity contribution < 1.29 is 19.2 Å². The lowest BCUT2D eigenvalue weighted by molar-refractivity contribution is -0.134. The van der Waals surface area contributed by atoms with Crippen LogP contribution in [0.1, 0.15) is 75.5 Å². The number of hydrogen-bond acceptors (Lipinski definition) is 5. The Kier molecular flexibility index (Phi) is 9.57. The summed E-state index contributed by atoms with van der Waals surface area (Å²) >= 11 is 0. The molecular weight excluding hydrogens is 628 g/mol. The van der Waals surface area contributed by atoms with E-state index in [0.717, 1.165) is 47.9 Å². The molecule has 7 rings (SSSR count). The maximum atomic E-state index is 14.4. The van der Waals surface area contributed by atoms with Crippen LogP contribution in [0, 0.1) is 17.8 Å². The summed E-state index contributed by atoms with van der Waals surface area (Å²) in [6.07, 6.45) is 12.5. The van der Waals surface area contributed by atoms with Gasteiger partial charge >= 0.3 is 0 Å². The summed E-state index contributed by atoms with van der Waals surface area (Å²) < 4.78 is 0. The van der Waals surface area contributed by atoms with E-state index >= 15 is 0 Å². The number of carbonyl (C=O) groups excluding carboxylic acids is 4. The fraction of sp³-hybridized carbons (Fsp3) is 0.500.